The third kappa shape index (κ3) is 7.64. The fourth-order valence-corrected chi connectivity index (χ4v) is 8.51. The molecule has 0 unspecified atom stereocenters. The zero-order valence-corrected chi connectivity index (χ0v) is 27.0. The quantitative estimate of drug-likeness (QED) is 0.0927. The monoisotopic (exact) mass is 588 g/mol. The van der Waals surface area contributed by atoms with Crippen LogP contribution in [0.1, 0.15) is 30.9 Å². The lowest BCUT2D eigenvalue weighted by atomic mass is 9.37. The van der Waals surface area contributed by atoms with E-state index in [1.807, 2.05) is 12.5 Å². The second kappa shape index (κ2) is 16.3. The van der Waals surface area contributed by atoms with Crippen molar-refractivity contribution in [2.45, 2.75) is 31.0 Å². The van der Waals surface area contributed by atoms with Crippen LogP contribution in [0.3, 0.4) is 0 Å². The second-order valence-corrected chi connectivity index (χ2v) is 13.2. The molecule has 0 amide bonds. The summed E-state index contributed by atoms with van der Waals surface area (Å²) in [6, 6.07) is 55.1. The van der Waals surface area contributed by atoms with Gasteiger partial charge in [-0.05, 0) is 24.0 Å². The molecular formula is C40H41BN2Si. The first-order valence-corrected chi connectivity index (χ1v) is 17.4. The molecule has 6 rings (SSSR count). The SMILES string of the molecule is CCC=CCC[SiH2]C(c1ccccc1)(c1ccccc1)n1ccnc1.c1ccc(B(c2ccccc2)c2ccccc2)cc1. The Kier molecular flexibility index (Phi) is 11.4. The van der Waals surface area contributed by atoms with Gasteiger partial charge in [-0.3, -0.25) is 0 Å². The first-order valence-electron chi connectivity index (χ1n) is 15.7. The molecule has 0 spiro atoms. The first-order chi connectivity index (χ1) is 21.8. The van der Waals surface area contributed by atoms with E-state index in [1.165, 1.54) is 33.6 Å². The minimum atomic E-state index is -0.503. The van der Waals surface area contributed by atoms with Crippen LogP contribution in [-0.2, 0) is 5.16 Å². The van der Waals surface area contributed by atoms with Crippen LogP contribution in [0.15, 0.2) is 183 Å². The molecule has 0 saturated heterocycles. The Morgan fingerprint density at radius 3 is 1.43 bits per heavy atom. The van der Waals surface area contributed by atoms with Crippen molar-refractivity contribution in [3.05, 3.63) is 194 Å². The van der Waals surface area contributed by atoms with Gasteiger partial charge in [-0.25, -0.2) is 4.98 Å². The van der Waals surface area contributed by atoms with E-state index in [-0.39, 0.29) is 5.16 Å². The first kappa shape index (κ1) is 30.8. The summed E-state index contributed by atoms with van der Waals surface area (Å²) in [5.74, 6) is 0. The van der Waals surface area contributed by atoms with Gasteiger partial charge in [0.2, 0.25) is 6.71 Å². The van der Waals surface area contributed by atoms with E-state index in [0.29, 0.717) is 6.71 Å². The van der Waals surface area contributed by atoms with E-state index >= 15 is 0 Å². The van der Waals surface area contributed by atoms with Crippen molar-refractivity contribution >= 4 is 32.6 Å². The molecule has 4 heteroatoms. The minimum absolute atomic E-state index is 0.0843. The van der Waals surface area contributed by atoms with Crippen LogP contribution in [0.25, 0.3) is 0 Å². The van der Waals surface area contributed by atoms with E-state index in [2.05, 4.69) is 186 Å². The van der Waals surface area contributed by atoms with Crippen LogP contribution in [0.4, 0.5) is 0 Å². The summed E-state index contributed by atoms with van der Waals surface area (Å²) in [5.41, 5.74) is 6.73. The maximum atomic E-state index is 4.37. The second-order valence-electron chi connectivity index (χ2n) is 11.0. The van der Waals surface area contributed by atoms with E-state index in [1.54, 1.807) is 0 Å². The van der Waals surface area contributed by atoms with Crippen molar-refractivity contribution in [2.24, 2.45) is 0 Å². The molecule has 44 heavy (non-hydrogen) atoms. The maximum Gasteiger partial charge on any atom is 0.241 e. The van der Waals surface area contributed by atoms with Gasteiger partial charge in [0.1, 0.15) is 0 Å². The summed E-state index contributed by atoms with van der Waals surface area (Å²) in [5, 5.41) is -0.0843. The Morgan fingerprint density at radius 2 is 1.05 bits per heavy atom. The van der Waals surface area contributed by atoms with E-state index < -0.39 is 9.52 Å². The molecule has 0 N–H and O–H groups in total. The lowest BCUT2D eigenvalue weighted by Crippen LogP contribution is -2.51. The number of imidazole rings is 1. The highest BCUT2D eigenvalue weighted by atomic mass is 28.2. The molecular weight excluding hydrogens is 547 g/mol. The van der Waals surface area contributed by atoms with Crippen molar-refractivity contribution in [3.8, 4) is 0 Å². The normalized spacial score (nSPS) is 11.4. The van der Waals surface area contributed by atoms with Crippen molar-refractivity contribution in [2.75, 3.05) is 0 Å². The average molecular weight is 589 g/mol. The van der Waals surface area contributed by atoms with Crippen LogP contribution in [-0.4, -0.2) is 25.8 Å². The molecule has 2 nitrogen and oxygen atoms in total. The van der Waals surface area contributed by atoms with Gasteiger partial charge in [-0.2, -0.15) is 0 Å². The van der Waals surface area contributed by atoms with Crippen LogP contribution in [0, 0.1) is 0 Å². The van der Waals surface area contributed by atoms with E-state index in [4.69, 9.17) is 0 Å². The van der Waals surface area contributed by atoms with Gasteiger partial charge in [-0.1, -0.05) is 193 Å². The highest BCUT2D eigenvalue weighted by Crippen LogP contribution is 2.34. The zero-order chi connectivity index (χ0) is 30.3. The molecule has 0 aliphatic rings. The molecule has 0 bridgehead atoms. The van der Waals surface area contributed by atoms with Crippen molar-refractivity contribution in [3.63, 3.8) is 0 Å². The standard InChI is InChI=1S/C22H26N2Si.C18H15B/c1-2-3-4-11-18-25-22(24-17-16-23-19-24,20-12-7-5-8-13-20)21-14-9-6-10-15-21;1-4-10-16(11-5-1)19(17-12-6-2-7-13-17)18-14-8-3-9-15-18/h3-10,12-17,19H,2,11,18,25H2,1H3;1-15H. The molecule has 1 aromatic heterocycles. The number of rotatable bonds is 11. The molecule has 0 aliphatic carbocycles. The van der Waals surface area contributed by atoms with Gasteiger partial charge in [0.25, 0.3) is 0 Å². The summed E-state index contributed by atoms with van der Waals surface area (Å²) in [4.78, 5) is 4.37. The topological polar surface area (TPSA) is 17.8 Å². The van der Waals surface area contributed by atoms with Gasteiger partial charge in [0, 0.05) is 12.4 Å². The van der Waals surface area contributed by atoms with Crippen LogP contribution >= 0.6 is 0 Å². The predicted octanol–water partition coefficient (Wildman–Crippen LogP) is 6.78. The number of benzene rings is 5. The Hall–Kier alpha value is -4.67. The molecule has 0 atom stereocenters. The van der Waals surface area contributed by atoms with Crippen LogP contribution < -0.4 is 16.4 Å². The highest BCUT2D eigenvalue weighted by Gasteiger charge is 2.35. The molecule has 0 aliphatic heterocycles. The van der Waals surface area contributed by atoms with Crippen molar-refractivity contribution in [1.82, 2.24) is 9.55 Å². The van der Waals surface area contributed by atoms with Crippen molar-refractivity contribution in [1.29, 1.82) is 0 Å². The Bertz CT molecular complexity index is 1510. The summed E-state index contributed by atoms with van der Waals surface area (Å²) in [6.07, 6.45) is 12.9. The zero-order valence-electron chi connectivity index (χ0n) is 25.6. The highest BCUT2D eigenvalue weighted by molar-refractivity contribution is 6.95. The minimum Gasteiger partial charge on any atom is -0.327 e. The third-order valence-electron chi connectivity index (χ3n) is 8.16. The molecule has 5 aromatic carbocycles. The largest absolute Gasteiger partial charge is 0.327 e. The lowest BCUT2D eigenvalue weighted by molar-refractivity contribution is 0.590. The number of nitrogens with zero attached hydrogens (tertiary/aromatic N) is 2. The van der Waals surface area contributed by atoms with Crippen molar-refractivity contribution < 1.29 is 0 Å². The van der Waals surface area contributed by atoms with Gasteiger partial charge in [-0.15, -0.1) is 0 Å². The Morgan fingerprint density at radius 1 is 0.614 bits per heavy atom. The summed E-state index contributed by atoms with van der Waals surface area (Å²) < 4.78 is 2.33. The van der Waals surface area contributed by atoms with E-state index in [0.717, 1.165) is 12.8 Å². The van der Waals surface area contributed by atoms with Gasteiger partial charge in [0.15, 0.2) is 0 Å². The Labute approximate surface area is 266 Å². The molecule has 0 radical (unpaired) electrons. The van der Waals surface area contributed by atoms with Gasteiger partial charge in [0.05, 0.1) is 21.0 Å². The molecule has 0 fully saturated rings. The van der Waals surface area contributed by atoms with Crippen LogP contribution in [0.5, 0.6) is 0 Å². The number of allylic oxidation sites excluding steroid dienone is 2. The summed E-state index contributed by atoms with van der Waals surface area (Å²) >= 11 is 0. The van der Waals surface area contributed by atoms with Gasteiger partial charge >= 0.3 is 0 Å². The molecule has 1 heterocycles. The predicted molar refractivity (Wildman–Crippen MR) is 193 cm³/mol. The number of aromatic nitrogens is 2. The summed E-state index contributed by atoms with van der Waals surface area (Å²) in [7, 11) is -0.503. The molecule has 218 valence electrons. The number of hydrogen-bond acceptors (Lipinski definition) is 1. The van der Waals surface area contributed by atoms with Gasteiger partial charge < -0.3 is 4.57 Å². The fourth-order valence-electron chi connectivity index (χ4n) is 6.07. The van der Waals surface area contributed by atoms with E-state index in [9.17, 15) is 0 Å². The smallest absolute Gasteiger partial charge is 0.241 e. The Balaban J connectivity index is 0.000000181. The van der Waals surface area contributed by atoms with Crippen LogP contribution in [0.2, 0.25) is 6.04 Å². The maximum absolute atomic E-state index is 4.37. The lowest BCUT2D eigenvalue weighted by Gasteiger charge is -2.36. The molecule has 0 saturated carbocycles. The fraction of sp³-hybridized carbons (Fsp3) is 0.125. The summed E-state index contributed by atoms with van der Waals surface area (Å²) in [6.45, 7) is 2.50. The third-order valence-corrected chi connectivity index (χ3v) is 10.8. The number of hydrogen-bond donors (Lipinski definition) is 0. The average Bonchev–Trinajstić information content (AvgIpc) is 3.65. The molecule has 6 aromatic rings.